The smallest absolute Gasteiger partial charge is 0.333 e. The van der Waals surface area contributed by atoms with E-state index < -0.39 is 4.92 Å². The lowest BCUT2D eigenvalue weighted by atomic mass is 10.1. The van der Waals surface area contributed by atoms with Crippen molar-refractivity contribution in [2.45, 2.75) is 26.8 Å². The number of nitro groups is 1. The summed E-state index contributed by atoms with van der Waals surface area (Å²) >= 11 is 0. The minimum Gasteiger partial charge on any atom is -0.469 e. The Bertz CT molecular complexity index is 540. The molecule has 2 heterocycles. The van der Waals surface area contributed by atoms with E-state index in [4.69, 9.17) is 4.74 Å². The fraction of sp³-hybridized carbons (Fsp3) is 0.667. The maximum absolute atomic E-state index is 11.6. The zero-order valence-electron chi connectivity index (χ0n) is 11.8. The summed E-state index contributed by atoms with van der Waals surface area (Å²) in [7, 11) is 1.36. The number of anilines is 1. The van der Waals surface area contributed by atoms with Gasteiger partial charge in [-0.1, -0.05) is 0 Å². The van der Waals surface area contributed by atoms with Gasteiger partial charge in [-0.15, -0.1) is 0 Å². The van der Waals surface area contributed by atoms with E-state index in [0.29, 0.717) is 37.6 Å². The van der Waals surface area contributed by atoms with Crippen molar-refractivity contribution < 1.29 is 14.5 Å². The maximum atomic E-state index is 11.6. The Morgan fingerprint density at radius 1 is 1.60 bits per heavy atom. The third-order valence-corrected chi connectivity index (χ3v) is 3.57. The molecule has 8 nitrogen and oxygen atoms in total. The predicted molar refractivity (Wildman–Crippen MR) is 71.6 cm³/mol. The van der Waals surface area contributed by atoms with E-state index in [1.807, 2.05) is 11.8 Å². The molecule has 110 valence electrons. The van der Waals surface area contributed by atoms with E-state index in [1.165, 1.54) is 7.11 Å². The number of esters is 1. The van der Waals surface area contributed by atoms with Crippen LogP contribution < -0.4 is 4.90 Å². The first-order chi connectivity index (χ1) is 9.49. The van der Waals surface area contributed by atoms with Crippen LogP contribution in [0.15, 0.2) is 0 Å². The van der Waals surface area contributed by atoms with Gasteiger partial charge in [0.05, 0.1) is 18.0 Å². The predicted octanol–water partition coefficient (Wildman–Crippen LogP) is 1.12. The topological polar surface area (TPSA) is 90.5 Å². The molecule has 0 spiro atoms. The molecule has 0 bridgehead atoms. The Morgan fingerprint density at radius 3 is 2.85 bits per heavy atom. The largest absolute Gasteiger partial charge is 0.469 e. The molecule has 20 heavy (non-hydrogen) atoms. The number of hydrogen-bond acceptors (Lipinski definition) is 6. The number of ether oxygens (including phenoxy) is 1. The van der Waals surface area contributed by atoms with Gasteiger partial charge in [-0.05, 0) is 20.3 Å². The van der Waals surface area contributed by atoms with E-state index in [-0.39, 0.29) is 17.6 Å². The number of hydrogen-bond donors (Lipinski definition) is 0. The summed E-state index contributed by atoms with van der Waals surface area (Å²) < 4.78 is 6.35. The Morgan fingerprint density at radius 2 is 2.30 bits per heavy atom. The lowest BCUT2D eigenvalue weighted by Crippen LogP contribution is -2.26. The quantitative estimate of drug-likeness (QED) is 0.467. The fourth-order valence-corrected chi connectivity index (χ4v) is 2.62. The summed E-state index contributed by atoms with van der Waals surface area (Å²) in [5.74, 6) is -0.0176. The van der Waals surface area contributed by atoms with Crippen LogP contribution in [0, 0.1) is 23.0 Å². The molecule has 8 heteroatoms. The van der Waals surface area contributed by atoms with Crippen molar-refractivity contribution in [3.63, 3.8) is 0 Å². The van der Waals surface area contributed by atoms with Crippen LogP contribution in [-0.4, -0.2) is 40.9 Å². The molecule has 1 saturated heterocycles. The SMILES string of the molecule is CCn1nc(C)c([N+](=O)[O-])c1N1CCC(C(=O)OC)C1. The van der Waals surface area contributed by atoms with Gasteiger partial charge < -0.3 is 9.64 Å². The molecule has 1 aliphatic heterocycles. The van der Waals surface area contributed by atoms with E-state index in [2.05, 4.69) is 5.10 Å². The molecule has 0 amide bonds. The van der Waals surface area contributed by atoms with Crippen molar-refractivity contribution in [1.82, 2.24) is 9.78 Å². The van der Waals surface area contributed by atoms with Crippen LogP contribution in [-0.2, 0) is 16.1 Å². The number of aryl methyl sites for hydroxylation is 2. The van der Waals surface area contributed by atoms with E-state index in [9.17, 15) is 14.9 Å². The number of aromatic nitrogens is 2. The average Bonchev–Trinajstić information content (AvgIpc) is 3.01. The van der Waals surface area contributed by atoms with Crippen LogP contribution in [0.25, 0.3) is 0 Å². The summed E-state index contributed by atoms with van der Waals surface area (Å²) in [5.41, 5.74) is 0.422. The van der Waals surface area contributed by atoms with Gasteiger partial charge in [0.15, 0.2) is 0 Å². The molecule has 0 N–H and O–H groups in total. The van der Waals surface area contributed by atoms with Crippen molar-refractivity contribution in [3.8, 4) is 0 Å². The van der Waals surface area contributed by atoms with Gasteiger partial charge in [-0.25, -0.2) is 4.68 Å². The zero-order chi connectivity index (χ0) is 14.9. The van der Waals surface area contributed by atoms with Gasteiger partial charge in [-0.3, -0.25) is 14.9 Å². The summed E-state index contributed by atoms with van der Waals surface area (Å²) in [6, 6.07) is 0. The minimum atomic E-state index is -0.407. The Kier molecular flexibility index (Phi) is 3.91. The lowest BCUT2D eigenvalue weighted by molar-refractivity contribution is -0.384. The molecule has 1 unspecified atom stereocenters. The van der Waals surface area contributed by atoms with Gasteiger partial charge in [0.25, 0.3) is 0 Å². The fourth-order valence-electron chi connectivity index (χ4n) is 2.62. The lowest BCUT2D eigenvalue weighted by Gasteiger charge is -2.18. The highest BCUT2D eigenvalue weighted by atomic mass is 16.6. The van der Waals surface area contributed by atoms with Crippen LogP contribution in [0.3, 0.4) is 0 Å². The third-order valence-electron chi connectivity index (χ3n) is 3.57. The Balaban J connectivity index is 2.33. The van der Waals surface area contributed by atoms with Gasteiger partial charge in [0, 0.05) is 19.6 Å². The van der Waals surface area contributed by atoms with Gasteiger partial charge >= 0.3 is 11.7 Å². The second-order valence-corrected chi connectivity index (χ2v) is 4.79. The molecule has 1 aliphatic rings. The van der Waals surface area contributed by atoms with Crippen LogP contribution in [0.5, 0.6) is 0 Å². The monoisotopic (exact) mass is 282 g/mol. The molecule has 0 aliphatic carbocycles. The van der Waals surface area contributed by atoms with Gasteiger partial charge in [0.1, 0.15) is 5.69 Å². The second kappa shape index (κ2) is 5.48. The normalized spacial score (nSPS) is 18.4. The summed E-state index contributed by atoms with van der Waals surface area (Å²) in [5, 5.41) is 15.4. The average molecular weight is 282 g/mol. The van der Waals surface area contributed by atoms with E-state index >= 15 is 0 Å². The first kappa shape index (κ1) is 14.3. The number of carbonyl (C=O) groups excluding carboxylic acids is 1. The van der Waals surface area contributed by atoms with Crippen molar-refractivity contribution in [1.29, 1.82) is 0 Å². The first-order valence-electron chi connectivity index (χ1n) is 6.54. The second-order valence-electron chi connectivity index (χ2n) is 4.79. The number of rotatable bonds is 4. The third kappa shape index (κ3) is 2.33. The van der Waals surface area contributed by atoms with Crippen molar-refractivity contribution in [2.75, 3.05) is 25.1 Å². The van der Waals surface area contributed by atoms with Crippen LogP contribution >= 0.6 is 0 Å². The van der Waals surface area contributed by atoms with Gasteiger partial charge in [-0.2, -0.15) is 5.10 Å². The van der Waals surface area contributed by atoms with Crippen molar-refractivity contribution in [2.24, 2.45) is 5.92 Å². The molecule has 1 atom stereocenters. The molecule has 0 radical (unpaired) electrons. The molecule has 1 aromatic heterocycles. The standard InChI is InChI=1S/C12H18N4O4/c1-4-15-11(10(16(18)19)8(2)13-15)14-6-5-9(7-14)12(17)20-3/h9H,4-7H2,1-3H3. The van der Waals surface area contributed by atoms with Crippen molar-refractivity contribution in [3.05, 3.63) is 15.8 Å². The van der Waals surface area contributed by atoms with Crippen LogP contribution in [0.2, 0.25) is 0 Å². The van der Waals surface area contributed by atoms with Crippen molar-refractivity contribution >= 4 is 17.5 Å². The summed E-state index contributed by atoms with van der Waals surface area (Å²) in [4.78, 5) is 24.2. The van der Waals surface area contributed by atoms with Crippen LogP contribution in [0.1, 0.15) is 19.0 Å². The highest BCUT2D eigenvalue weighted by molar-refractivity contribution is 5.74. The first-order valence-corrected chi connectivity index (χ1v) is 6.54. The summed E-state index contributed by atoms with van der Waals surface area (Å²) in [6.07, 6.45) is 0.637. The van der Waals surface area contributed by atoms with Gasteiger partial charge in [0.2, 0.25) is 5.82 Å². The van der Waals surface area contributed by atoms with Crippen LogP contribution in [0.4, 0.5) is 11.5 Å². The molecule has 1 fully saturated rings. The number of carbonyl (C=O) groups is 1. The maximum Gasteiger partial charge on any atom is 0.333 e. The highest BCUT2D eigenvalue weighted by Crippen LogP contribution is 2.35. The zero-order valence-corrected chi connectivity index (χ0v) is 11.8. The number of methoxy groups -OCH3 is 1. The molecule has 0 saturated carbocycles. The molecular formula is C12H18N4O4. The minimum absolute atomic E-state index is 0.0253. The van der Waals surface area contributed by atoms with E-state index in [1.54, 1.807) is 11.6 Å². The van der Waals surface area contributed by atoms with E-state index in [0.717, 1.165) is 0 Å². The Labute approximate surface area is 116 Å². The summed E-state index contributed by atoms with van der Waals surface area (Å²) in [6.45, 7) is 5.07. The number of nitrogens with zero attached hydrogens (tertiary/aromatic N) is 4. The molecule has 0 aromatic carbocycles. The molecule has 2 rings (SSSR count). The Hall–Kier alpha value is -2.12. The highest BCUT2D eigenvalue weighted by Gasteiger charge is 2.36. The molecule has 1 aromatic rings. The molecular weight excluding hydrogens is 264 g/mol.